The van der Waals surface area contributed by atoms with E-state index in [9.17, 15) is 0 Å². The van der Waals surface area contributed by atoms with Crippen molar-refractivity contribution in [2.24, 2.45) is 61.6 Å². The fraction of sp³-hybridized carbons (Fsp3) is 1.00. The zero-order valence-corrected chi connectivity index (χ0v) is 24.7. The van der Waals surface area contributed by atoms with Crippen LogP contribution < -0.4 is 0 Å². The van der Waals surface area contributed by atoms with Crippen LogP contribution in [-0.2, 0) is 4.74 Å². The van der Waals surface area contributed by atoms with Crippen molar-refractivity contribution < 1.29 is 4.74 Å². The Morgan fingerprint density at radius 3 is 2.03 bits per heavy atom. The van der Waals surface area contributed by atoms with Crippen molar-refractivity contribution in [3.63, 3.8) is 0 Å². The number of hydrogen-bond donors (Lipinski definition) is 0. The molecule has 10 unspecified atom stereocenters. The average Bonchev–Trinajstić information content (AvgIpc) is 3.43. The Labute approximate surface area is 211 Å². The summed E-state index contributed by atoms with van der Waals surface area (Å²) >= 11 is 0. The molecule has 1 spiro atoms. The Kier molecular flexibility index (Phi) is 4.52. The van der Waals surface area contributed by atoms with Crippen molar-refractivity contribution in [2.45, 2.75) is 146 Å². The van der Waals surface area contributed by atoms with Gasteiger partial charge in [0.1, 0.15) is 5.60 Å². The van der Waals surface area contributed by atoms with E-state index in [2.05, 4.69) is 76.2 Å². The lowest BCUT2D eigenvalue weighted by atomic mass is 9.29. The van der Waals surface area contributed by atoms with Crippen LogP contribution >= 0.6 is 0 Å². The van der Waals surface area contributed by atoms with Crippen molar-refractivity contribution >= 4 is 0 Å². The summed E-state index contributed by atoms with van der Waals surface area (Å²) in [7, 11) is 0. The molecule has 1 heterocycles. The predicted molar refractivity (Wildman–Crippen MR) is 143 cm³/mol. The predicted octanol–water partition coefficient (Wildman–Crippen LogP) is 9.29. The summed E-state index contributed by atoms with van der Waals surface area (Å²) in [5.74, 6) is 3.27. The Bertz CT molecular complexity index is 898. The van der Waals surface area contributed by atoms with Crippen LogP contribution in [-0.4, -0.2) is 11.7 Å². The molecule has 0 aromatic heterocycles. The lowest BCUT2D eigenvalue weighted by Gasteiger charge is -2.74. The van der Waals surface area contributed by atoms with Gasteiger partial charge >= 0.3 is 0 Å². The first-order chi connectivity index (χ1) is 15.4. The van der Waals surface area contributed by atoms with Crippen molar-refractivity contribution in [2.75, 3.05) is 0 Å². The van der Waals surface area contributed by atoms with Crippen molar-refractivity contribution in [1.29, 1.82) is 0 Å². The SMILES string of the molecule is CC1CCC2(C)C(CCC3(C)C2CC2OC24C2CC(C)(C)CC(C)(C)C2(C)CCC34C)C1(C)C. The van der Waals surface area contributed by atoms with Gasteiger partial charge < -0.3 is 4.74 Å². The fourth-order valence-corrected chi connectivity index (χ4v) is 13.0. The Morgan fingerprint density at radius 2 is 1.35 bits per heavy atom. The average molecular weight is 469 g/mol. The monoisotopic (exact) mass is 468 g/mol. The highest BCUT2D eigenvalue weighted by Gasteiger charge is 2.85. The van der Waals surface area contributed by atoms with E-state index in [1.807, 2.05) is 0 Å². The molecular weight excluding hydrogens is 412 g/mol. The van der Waals surface area contributed by atoms with Gasteiger partial charge in [-0.1, -0.05) is 76.2 Å². The third-order valence-corrected chi connectivity index (χ3v) is 15.6. The van der Waals surface area contributed by atoms with Crippen LogP contribution in [0.25, 0.3) is 0 Å². The van der Waals surface area contributed by atoms with Gasteiger partial charge in [-0.15, -0.1) is 0 Å². The molecule has 5 saturated carbocycles. The van der Waals surface area contributed by atoms with Gasteiger partial charge in [-0.3, -0.25) is 0 Å². The first-order valence-corrected chi connectivity index (χ1v) is 15.1. The third kappa shape index (κ3) is 2.44. The van der Waals surface area contributed by atoms with Crippen LogP contribution in [0, 0.1) is 61.6 Å². The summed E-state index contributed by atoms with van der Waals surface area (Å²) in [6, 6.07) is 0. The minimum atomic E-state index is 0.140. The van der Waals surface area contributed by atoms with Gasteiger partial charge in [0.05, 0.1) is 6.10 Å². The second-order valence-corrected chi connectivity index (χ2v) is 17.7. The first kappa shape index (κ1) is 24.3. The van der Waals surface area contributed by atoms with Crippen molar-refractivity contribution in [1.82, 2.24) is 0 Å². The molecule has 1 aliphatic heterocycles. The Hall–Kier alpha value is -0.0400. The van der Waals surface area contributed by atoms with Crippen molar-refractivity contribution in [3.05, 3.63) is 0 Å². The minimum Gasteiger partial charge on any atom is -0.365 e. The molecule has 0 N–H and O–H groups in total. The number of fused-ring (bicyclic) bond motifs is 5. The Balaban J connectivity index is 1.45. The van der Waals surface area contributed by atoms with Gasteiger partial charge in [-0.2, -0.15) is 0 Å². The molecule has 0 aromatic carbocycles. The highest BCUT2D eigenvalue weighted by molar-refractivity contribution is 5.32. The van der Waals surface area contributed by atoms with Crippen molar-refractivity contribution in [3.8, 4) is 0 Å². The summed E-state index contributed by atoms with van der Waals surface area (Å²) in [5.41, 5.74) is 3.04. The minimum absolute atomic E-state index is 0.140. The maximum absolute atomic E-state index is 7.25. The van der Waals surface area contributed by atoms with Gasteiger partial charge in [-0.25, -0.2) is 0 Å². The molecule has 6 rings (SSSR count). The molecular formula is C33H56O. The lowest BCUT2D eigenvalue weighted by molar-refractivity contribution is -0.251. The molecule has 0 radical (unpaired) electrons. The van der Waals surface area contributed by atoms with Crippen LogP contribution in [0.5, 0.6) is 0 Å². The van der Waals surface area contributed by atoms with E-state index >= 15 is 0 Å². The largest absolute Gasteiger partial charge is 0.365 e. The Morgan fingerprint density at radius 1 is 0.676 bits per heavy atom. The molecule has 0 aromatic rings. The zero-order chi connectivity index (χ0) is 25.0. The van der Waals surface area contributed by atoms with Gasteiger partial charge in [0.25, 0.3) is 0 Å². The van der Waals surface area contributed by atoms with Crippen LogP contribution in [0.15, 0.2) is 0 Å². The van der Waals surface area contributed by atoms with E-state index in [0.29, 0.717) is 49.9 Å². The lowest BCUT2D eigenvalue weighted by Crippen LogP contribution is -2.71. The van der Waals surface area contributed by atoms with Crippen LogP contribution in [0.1, 0.15) is 134 Å². The van der Waals surface area contributed by atoms with Gasteiger partial charge in [0.15, 0.2) is 0 Å². The highest BCUT2D eigenvalue weighted by Crippen LogP contribution is 2.84. The maximum Gasteiger partial charge on any atom is 0.104 e. The molecule has 6 fully saturated rings. The molecule has 5 aliphatic carbocycles. The molecule has 34 heavy (non-hydrogen) atoms. The summed E-state index contributed by atoms with van der Waals surface area (Å²) in [6.45, 7) is 29.0. The van der Waals surface area contributed by atoms with Gasteiger partial charge in [0.2, 0.25) is 0 Å². The molecule has 10 atom stereocenters. The van der Waals surface area contributed by atoms with E-state index in [0.717, 1.165) is 17.8 Å². The molecule has 6 aliphatic rings. The van der Waals surface area contributed by atoms with Crippen LogP contribution in [0.2, 0.25) is 0 Å². The van der Waals surface area contributed by atoms with E-state index in [1.165, 1.54) is 57.8 Å². The number of ether oxygens (including phenoxy) is 1. The zero-order valence-electron chi connectivity index (χ0n) is 24.7. The van der Waals surface area contributed by atoms with Crippen LogP contribution in [0.4, 0.5) is 0 Å². The standard InChI is InChI=1S/C33H56O/c1-21-12-14-29(8)22(28(21,6)7)13-15-31(10)23(29)18-25-33(34-25)24-19-26(2,3)20-27(4,5)30(24,9)16-17-32(31,33)11/h21-25H,12-20H2,1-11H3. The van der Waals surface area contributed by atoms with E-state index < -0.39 is 0 Å². The normalized spacial score (nSPS) is 60.6. The summed E-state index contributed by atoms with van der Waals surface area (Å²) in [5, 5.41) is 0. The fourth-order valence-electron chi connectivity index (χ4n) is 13.0. The molecule has 1 saturated heterocycles. The van der Waals surface area contributed by atoms with E-state index in [1.54, 1.807) is 0 Å². The maximum atomic E-state index is 7.25. The smallest absolute Gasteiger partial charge is 0.104 e. The first-order valence-electron chi connectivity index (χ1n) is 15.1. The third-order valence-electron chi connectivity index (χ3n) is 15.6. The summed E-state index contributed by atoms with van der Waals surface area (Å²) in [4.78, 5) is 0. The highest BCUT2D eigenvalue weighted by atomic mass is 16.6. The second-order valence-electron chi connectivity index (χ2n) is 17.7. The van der Waals surface area contributed by atoms with E-state index in [4.69, 9.17) is 4.74 Å². The molecule has 0 bridgehead atoms. The number of hydrogen-bond acceptors (Lipinski definition) is 1. The topological polar surface area (TPSA) is 12.5 Å². The molecule has 0 amide bonds. The van der Waals surface area contributed by atoms with Gasteiger partial charge in [-0.05, 0) is 114 Å². The van der Waals surface area contributed by atoms with Gasteiger partial charge in [0, 0.05) is 5.41 Å². The summed E-state index contributed by atoms with van der Waals surface area (Å²) < 4.78 is 7.25. The second kappa shape index (κ2) is 6.32. The van der Waals surface area contributed by atoms with Crippen LogP contribution in [0.3, 0.4) is 0 Å². The summed E-state index contributed by atoms with van der Waals surface area (Å²) in [6.07, 6.45) is 13.1. The molecule has 1 nitrogen and oxygen atoms in total. The molecule has 194 valence electrons. The van der Waals surface area contributed by atoms with E-state index in [-0.39, 0.29) is 5.60 Å². The number of rotatable bonds is 0. The molecule has 1 heteroatoms. The quantitative estimate of drug-likeness (QED) is 0.323. The number of epoxide rings is 1.